The van der Waals surface area contributed by atoms with Crippen molar-refractivity contribution in [3.05, 3.63) is 46.4 Å². The van der Waals surface area contributed by atoms with Crippen LogP contribution in [-0.4, -0.2) is 23.0 Å². The van der Waals surface area contributed by atoms with Gasteiger partial charge in [-0.05, 0) is 18.2 Å². The normalized spacial score (nSPS) is 10.9. The third-order valence-corrected chi connectivity index (χ3v) is 2.94. The van der Waals surface area contributed by atoms with Gasteiger partial charge in [-0.3, -0.25) is 4.79 Å². The van der Waals surface area contributed by atoms with Crippen molar-refractivity contribution in [1.29, 1.82) is 0 Å². The summed E-state index contributed by atoms with van der Waals surface area (Å²) in [7, 11) is 1.34. The second-order valence-corrected chi connectivity index (χ2v) is 3.97. The first-order valence-electron chi connectivity index (χ1n) is 5.42. The number of esters is 1. The zero-order valence-corrected chi connectivity index (χ0v) is 9.61. The molecule has 0 unspecified atom stereocenters. The largest absolute Gasteiger partial charge is 0.465 e. The van der Waals surface area contributed by atoms with E-state index in [2.05, 4.69) is 14.7 Å². The molecule has 5 heteroatoms. The van der Waals surface area contributed by atoms with Gasteiger partial charge in [0.15, 0.2) is 0 Å². The van der Waals surface area contributed by atoms with Crippen LogP contribution in [0.15, 0.2) is 35.3 Å². The van der Waals surface area contributed by atoms with E-state index in [-0.39, 0.29) is 5.56 Å². The molecule has 0 bridgehead atoms. The smallest absolute Gasteiger partial charge is 0.337 e. The first kappa shape index (κ1) is 10.6. The lowest BCUT2D eigenvalue weighted by Gasteiger charge is -1.98. The van der Waals surface area contributed by atoms with Crippen molar-refractivity contribution in [3.8, 4) is 0 Å². The molecule has 0 aliphatic carbocycles. The molecule has 2 heterocycles. The van der Waals surface area contributed by atoms with Crippen LogP contribution in [-0.2, 0) is 4.74 Å². The summed E-state index contributed by atoms with van der Waals surface area (Å²) in [5.74, 6) is -0.399. The number of nitrogens with one attached hydrogen (secondary N) is 2. The lowest BCUT2D eigenvalue weighted by molar-refractivity contribution is 0.0601. The zero-order chi connectivity index (χ0) is 12.7. The van der Waals surface area contributed by atoms with Crippen LogP contribution in [0.2, 0.25) is 0 Å². The molecule has 5 nitrogen and oxygen atoms in total. The Bertz CT molecular complexity index is 814. The number of hydrogen-bond acceptors (Lipinski definition) is 3. The third kappa shape index (κ3) is 1.41. The lowest BCUT2D eigenvalue weighted by Crippen LogP contribution is -2.03. The zero-order valence-electron chi connectivity index (χ0n) is 9.61. The quantitative estimate of drug-likeness (QED) is 0.639. The number of benzene rings is 1. The number of carbonyl (C=O) groups excluding carboxylic acids is 1. The van der Waals surface area contributed by atoms with E-state index >= 15 is 0 Å². The molecule has 0 amide bonds. The summed E-state index contributed by atoms with van der Waals surface area (Å²) in [6, 6.07) is 6.86. The van der Waals surface area contributed by atoms with Gasteiger partial charge in [-0.2, -0.15) is 0 Å². The van der Waals surface area contributed by atoms with E-state index in [0.717, 1.165) is 16.4 Å². The summed E-state index contributed by atoms with van der Waals surface area (Å²) in [5, 5.41) is 1.39. The number of rotatable bonds is 1. The lowest BCUT2D eigenvalue weighted by atomic mass is 10.1. The van der Waals surface area contributed by atoms with Gasteiger partial charge in [0.25, 0.3) is 5.56 Å². The topological polar surface area (TPSA) is 75.0 Å². The van der Waals surface area contributed by atoms with Gasteiger partial charge in [0.05, 0.1) is 23.6 Å². The third-order valence-electron chi connectivity index (χ3n) is 2.94. The fourth-order valence-electron chi connectivity index (χ4n) is 2.11. The van der Waals surface area contributed by atoms with Crippen molar-refractivity contribution in [1.82, 2.24) is 9.97 Å². The van der Waals surface area contributed by atoms with Gasteiger partial charge in [-0.25, -0.2) is 4.79 Å². The standard InChI is InChI=1S/C13H10N2O3/c1-18-13(17)7-2-3-8-10(6-7)15-9-4-5-14-12(16)11(8)9/h2-6,15H,1H3,(H,14,16). The molecule has 3 aromatic rings. The molecule has 0 saturated carbocycles. The SMILES string of the molecule is COC(=O)c1ccc2c(c1)[nH]c1cc[nH]c(=O)c12. The molecule has 0 aliphatic rings. The summed E-state index contributed by atoms with van der Waals surface area (Å²) in [6.45, 7) is 0. The Morgan fingerprint density at radius 2 is 2.06 bits per heavy atom. The molecule has 0 atom stereocenters. The Labute approximate surface area is 101 Å². The van der Waals surface area contributed by atoms with E-state index in [9.17, 15) is 9.59 Å². The minimum absolute atomic E-state index is 0.149. The van der Waals surface area contributed by atoms with Gasteiger partial charge in [-0.1, -0.05) is 6.07 Å². The number of pyridine rings is 1. The molecule has 0 saturated heterocycles. The Kier molecular flexibility index (Phi) is 2.19. The Morgan fingerprint density at radius 1 is 1.22 bits per heavy atom. The number of H-pyrrole nitrogens is 2. The van der Waals surface area contributed by atoms with Crippen molar-refractivity contribution < 1.29 is 9.53 Å². The number of carbonyl (C=O) groups is 1. The van der Waals surface area contributed by atoms with Crippen LogP contribution in [0.1, 0.15) is 10.4 Å². The van der Waals surface area contributed by atoms with Crippen LogP contribution in [0.25, 0.3) is 21.8 Å². The van der Waals surface area contributed by atoms with Crippen molar-refractivity contribution in [3.63, 3.8) is 0 Å². The number of methoxy groups -OCH3 is 1. The van der Waals surface area contributed by atoms with Crippen LogP contribution in [0.4, 0.5) is 0 Å². The van der Waals surface area contributed by atoms with E-state index in [1.54, 1.807) is 30.5 Å². The number of fused-ring (bicyclic) bond motifs is 3. The van der Waals surface area contributed by atoms with Crippen molar-refractivity contribution in [2.24, 2.45) is 0 Å². The van der Waals surface area contributed by atoms with Crippen LogP contribution >= 0.6 is 0 Å². The predicted molar refractivity (Wildman–Crippen MR) is 67.8 cm³/mol. The van der Waals surface area contributed by atoms with Crippen LogP contribution in [0.5, 0.6) is 0 Å². The fourth-order valence-corrected chi connectivity index (χ4v) is 2.11. The van der Waals surface area contributed by atoms with Crippen molar-refractivity contribution in [2.75, 3.05) is 7.11 Å². The molecule has 0 spiro atoms. The summed E-state index contributed by atoms with van der Waals surface area (Å²) < 4.78 is 4.66. The summed E-state index contributed by atoms with van der Waals surface area (Å²) in [4.78, 5) is 28.9. The predicted octanol–water partition coefficient (Wildman–Crippen LogP) is 1.80. The van der Waals surface area contributed by atoms with E-state index < -0.39 is 5.97 Å². The van der Waals surface area contributed by atoms with Gasteiger partial charge in [0, 0.05) is 17.1 Å². The number of hydrogen-bond donors (Lipinski definition) is 2. The molecule has 2 aromatic heterocycles. The van der Waals surface area contributed by atoms with Crippen molar-refractivity contribution >= 4 is 27.8 Å². The van der Waals surface area contributed by atoms with Gasteiger partial charge < -0.3 is 14.7 Å². The average molecular weight is 242 g/mol. The fraction of sp³-hybridized carbons (Fsp3) is 0.0769. The Morgan fingerprint density at radius 3 is 2.83 bits per heavy atom. The second kappa shape index (κ2) is 3.73. The maximum absolute atomic E-state index is 11.8. The summed E-state index contributed by atoms with van der Waals surface area (Å²) in [5.41, 5.74) is 1.79. The van der Waals surface area contributed by atoms with Gasteiger partial charge in [0.1, 0.15) is 0 Å². The minimum atomic E-state index is -0.399. The molecular weight excluding hydrogens is 232 g/mol. The number of aromatic amines is 2. The molecule has 18 heavy (non-hydrogen) atoms. The second-order valence-electron chi connectivity index (χ2n) is 3.97. The van der Waals surface area contributed by atoms with Gasteiger partial charge in [0.2, 0.25) is 0 Å². The maximum Gasteiger partial charge on any atom is 0.337 e. The first-order chi connectivity index (χ1) is 8.70. The van der Waals surface area contributed by atoms with Gasteiger partial charge >= 0.3 is 5.97 Å². The Balaban J connectivity index is 2.37. The highest BCUT2D eigenvalue weighted by Gasteiger charge is 2.11. The first-order valence-corrected chi connectivity index (χ1v) is 5.42. The average Bonchev–Trinajstić information content (AvgIpc) is 2.76. The van der Waals surface area contributed by atoms with Crippen LogP contribution in [0, 0.1) is 0 Å². The molecule has 0 aliphatic heterocycles. The highest BCUT2D eigenvalue weighted by Crippen LogP contribution is 2.23. The van der Waals surface area contributed by atoms with Crippen LogP contribution in [0.3, 0.4) is 0 Å². The molecule has 90 valence electrons. The van der Waals surface area contributed by atoms with E-state index in [1.165, 1.54) is 7.11 Å². The molecule has 3 rings (SSSR count). The Hall–Kier alpha value is -2.56. The molecule has 0 radical (unpaired) electrons. The monoisotopic (exact) mass is 242 g/mol. The highest BCUT2D eigenvalue weighted by molar-refractivity contribution is 6.08. The molecule has 0 fully saturated rings. The van der Waals surface area contributed by atoms with E-state index in [4.69, 9.17) is 0 Å². The molecular formula is C13H10N2O3. The number of aromatic nitrogens is 2. The minimum Gasteiger partial charge on any atom is -0.465 e. The van der Waals surface area contributed by atoms with Gasteiger partial charge in [-0.15, -0.1) is 0 Å². The van der Waals surface area contributed by atoms with Crippen LogP contribution < -0.4 is 5.56 Å². The molecule has 2 N–H and O–H groups in total. The number of ether oxygens (including phenoxy) is 1. The maximum atomic E-state index is 11.8. The summed E-state index contributed by atoms with van der Waals surface area (Å²) >= 11 is 0. The summed E-state index contributed by atoms with van der Waals surface area (Å²) in [6.07, 6.45) is 1.58. The highest BCUT2D eigenvalue weighted by atomic mass is 16.5. The molecule has 1 aromatic carbocycles. The van der Waals surface area contributed by atoms with E-state index in [0.29, 0.717) is 10.9 Å². The van der Waals surface area contributed by atoms with Crippen molar-refractivity contribution in [2.45, 2.75) is 0 Å². The van der Waals surface area contributed by atoms with E-state index in [1.807, 2.05) is 0 Å².